The van der Waals surface area contributed by atoms with E-state index in [1.165, 1.54) is 5.56 Å². The second kappa shape index (κ2) is 6.15. The molecule has 1 atom stereocenters. The minimum absolute atomic E-state index is 0.0797. The third-order valence-electron chi connectivity index (χ3n) is 3.39. The first-order valence-electron chi connectivity index (χ1n) is 6.71. The molecular formula is C17H19Cl2N. The lowest BCUT2D eigenvalue weighted by molar-refractivity contribution is 0.590. The summed E-state index contributed by atoms with van der Waals surface area (Å²) in [5.74, 6) is 0. The second-order valence-electron chi connectivity index (χ2n) is 6.01. The van der Waals surface area contributed by atoms with Crippen molar-refractivity contribution in [3.05, 3.63) is 64.4 Å². The van der Waals surface area contributed by atoms with E-state index in [-0.39, 0.29) is 10.8 Å². The van der Waals surface area contributed by atoms with Crippen LogP contribution < -0.4 is 0 Å². The Morgan fingerprint density at radius 3 is 2.30 bits per heavy atom. The van der Waals surface area contributed by atoms with E-state index in [1.54, 1.807) is 12.4 Å². The maximum absolute atomic E-state index is 6.50. The Kier molecular flexibility index (Phi) is 4.72. The summed E-state index contributed by atoms with van der Waals surface area (Å²) in [6.07, 6.45) is 4.11. The number of nitrogens with zero attached hydrogens (tertiary/aromatic N) is 1. The summed E-state index contributed by atoms with van der Waals surface area (Å²) in [6.45, 7) is 6.62. The van der Waals surface area contributed by atoms with Crippen LogP contribution in [0.4, 0.5) is 0 Å². The smallest absolute Gasteiger partial charge is 0.0626 e. The van der Waals surface area contributed by atoms with Crippen molar-refractivity contribution >= 4 is 23.2 Å². The quantitative estimate of drug-likeness (QED) is 0.677. The van der Waals surface area contributed by atoms with Crippen molar-refractivity contribution in [2.45, 2.75) is 38.0 Å². The number of pyridine rings is 1. The molecule has 106 valence electrons. The van der Waals surface area contributed by atoms with Crippen LogP contribution >= 0.6 is 23.2 Å². The Balaban J connectivity index is 2.14. The lowest BCUT2D eigenvalue weighted by Gasteiger charge is -2.20. The molecule has 1 nitrogen and oxygen atoms in total. The Morgan fingerprint density at radius 1 is 1.10 bits per heavy atom. The summed E-state index contributed by atoms with van der Waals surface area (Å²) in [7, 11) is 0. The number of rotatable bonds is 3. The molecule has 20 heavy (non-hydrogen) atoms. The molecule has 2 rings (SSSR count). The summed E-state index contributed by atoms with van der Waals surface area (Å²) in [5.41, 5.74) is 3.62. The second-order valence-corrected chi connectivity index (χ2v) is 6.94. The molecule has 0 saturated carbocycles. The van der Waals surface area contributed by atoms with Gasteiger partial charge in [0.25, 0.3) is 0 Å². The molecular weight excluding hydrogens is 289 g/mol. The minimum Gasteiger partial charge on any atom is -0.263 e. The topological polar surface area (TPSA) is 12.9 Å². The Bertz CT molecular complexity index is 570. The van der Waals surface area contributed by atoms with Crippen LogP contribution in [0.15, 0.2) is 42.7 Å². The van der Waals surface area contributed by atoms with Gasteiger partial charge in [0, 0.05) is 12.4 Å². The van der Waals surface area contributed by atoms with Crippen molar-refractivity contribution < 1.29 is 0 Å². The van der Waals surface area contributed by atoms with Gasteiger partial charge in [0.1, 0.15) is 0 Å². The molecule has 0 spiro atoms. The zero-order chi connectivity index (χ0) is 14.8. The van der Waals surface area contributed by atoms with Crippen LogP contribution in [0, 0.1) is 0 Å². The molecule has 2 aromatic rings. The number of benzene rings is 1. The first-order chi connectivity index (χ1) is 9.38. The molecule has 0 radical (unpaired) electrons. The first kappa shape index (κ1) is 15.3. The molecule has 0 saturated heterocycles. The molecule has 1 unspecified atom stereocenters. The van der Waals surface area contributed by atoms with Gasteiger partial charge in [0.15, 0.2) is 0 Å². The Hall–Kier alpha value is -1.05. The van der Waals surface area contributed by atoms with Gasteiger partial charge >= 0.3 is 0 Å². The number of halogens is 2. The lowest BCUT2D eigenvalue weighted by atomic mass is 9.86. The predicted octanol–water partition coefficient (Wildman–Crippen LogP) is 5.56. The normalized spacial score (nSPS) is 13.2. The van der Waals surface area contributed by atoms with E-state index in [2.05, 4.69) is 50.0 Å². The fraction of sp³-hybridized carbons (Fsp3) is 0.353. The highest BCUT2D eigenvalue weighted by atomic mass is 35.5. The fourth-order valence-corrected chi connectivity index (χ4v) is 2.58. The van der Waals surface area contributed by atoms with Gasteiger partial charge in [-0.15, -0.1) is 11.6 Å². The van der Waals surface area contributed by atoms with Crippen LogP contribution in [0.3, 0.4) is 0 Å². The highest BCUT2D eigenvalue weighted by molar-refractivity contribution is 6.31. The summed E-state index contributed by atoms with van der Waals surface area (Å²) >= 11 is 12.6. The minimum atomic E-state index is -0.0797. The van der Waals surface area contributed by atoms with Crippen molar-refractivity contribution in [3.63, 3.8) is 0 Å². The summed E-state index contributed by atoms with van der Waals surface area (Å²) in [4.78, 5) is 3.99. The van der Waals surface area contributed by atoms with Crippen molar-refractivity contribution in [1.29, 1.82) is 0 Å². The summed E-state index contributed by atoms with van der Waals surface area (Å²) in [6, 6.07) is 10.4. The van der Waals surface area contributed by atoms with Crippen LogP contribution in [-0.2, 0) is 11.8 Å². The third-order valence-corrected chi connectivity index (χ3v) is 4.14. The van der Waals surface area contributed by atoms with Crippen LogP contribution in [0.5, 0.6) is 0 Å². The van der Waals surface area contributed by atoms with Crippen LogP contribution in [-0.4, -0.2) is 4.98 Å². The van der Waals surface area contributed by atoms with Gasteiger partial charge in [-0.3, -0.25) is 4.98 Å². The number of hydrogen-bond acceptors (Lipinski definition) is 1. The van der Waals surface area contributed by atoms with Crippen LogP contribution in [0.25, 0.3) is 0 Å². The molecule has 0 N–H and O–H groups in total. The SMILES string of the molecule is CC(C)(C)c1ccc(C(Cl)Cc2ccncc2Cl)cc1. The first-order valence-corrected chi connectivity index (χ1v) is 7.52. The van der Waals surface area contributed by atoms with Crippen molar-refractivity contribution in [2.75, 3.05) is 0 Å². The molecule has 0 fully saturated rings. The zero-order valence-electron chi connectivity index (χ0n) is 12.0. The van der Waals surface area contributed by atoms with Crippen LogP contribution in [0.1, 0.15) is 42.8 Å². The third kappa shape index (κ3) is 3.74. The van der Waals surface area contributed by atoms with Gasteiger partial charge in [-0.2, -0.15) is 0 Å². The van der Waals surface area contributed by atoms with E-state index in [9.17, 15) is 0 Å². The molecule has 0 aliphatic heterocycles. The van der Waals surface area contributed by atoms with E-state index in [1.807, 2.05) is 6.07 Å². The van der Waals surface area contributed by atoms with Gasteiger partial charge in [0.2, 0.25) is 0 Å². The fourth-order valence-electron chi connectivity index (χ4n) is 2.07. The maximum Gasteiger partial charge on any atom is 0.0626 e. The highest BCUT2D eigenvalue weighted by Gasteiger charge is 2.15. The van der Waals surface area contributed by atoms with Crippen LogP contribution in [0.2, 0.25) is 5.02 Å². The van der Waals surface area contributed by atoms with E-state index in [4.69, 9.17) is 23.2 Å². The lowest BCUT2D eigenvalue weighted by Crippen LogP contribution is -2.10. The standard InChI is InChI=1S/C17H19Cl2N/c1-17(2,3)14-6-4-12(5-7-14)15(18)10-13-8-9-20-11-16(13)19/h4-9,11,15H,10H2,1-3H3. The molecule has 0 amide bonds. The molecule has 3 heteroatoms. The molecule has 0 bridgehead atoms. The maximum atomic E-state index is 6.50. The average Bonchev–Trinajstić information content (AvgIpc) is 2.40. The summed E-state index contributed by atoms with van der Waals surface area (Å²) < 4.78 is 0. The number of alkyl halides is 1. The van der Waals surface area contributed by atoms with Gasteiger partial charge < -0.3 is 0 Å². The average molecular weight is 308 g/mol. The van der Waals surface area contributed by atoms with Crippen molar-refractivity contribution in [2.24, 2.45) is 0 Å². The van der Waals surface area contributed by atoms with E-state index in [0.29, 0.717) is 11.4 Å². The molecule has 1 aromatic heterocycles. The molecule has 1 aromatic carbocycles. The summed E-state index contributed by atoms with van der Waals surface area (Å²) in [5, 5.41) is 0.591. The monoisotopic (exact) mass is 307 g/mol. The van der Waals surface area contributed by atoms with Gasteiger partial charge in [-0.05, 0) is 34.6 Å². The van der Waals surface area contributed by atoms with Crippen molar-refractivity contribution in [1.82, 2.24) is 4.98 Å². The van der Waals surface area contributed by atoms with E-state index < -0.39 is 0 Å². The van der Waals surface area contributed by atoms with Gasteiger partial charge in [-0.1, -0.05) is 56.6 Å². The van der Waals surface area contributed by atoms with Crippen molar-refractivity contribution in [3.8, 4) is 0 Å². The Labute approximate surface area is 131 Å². The molecule has 1 heterocycles. The van der Waals surface area contributed by atoms with Gasteiger partial charge in [-0.25, -0.2) is 0 Å². The zero-order valence-corrected chi connectivity index (χ0v) is 13.5. The highest BCUT2D eigenvalue weighted by Crippen LogP contribution is 2.30. The van der Waals surface area contributed by atoms with E-state index >= 15 is 0 Å². The van der Waals surface area contributed by atoms with Gasteiger partial charge in [0.05, 0.1) is 10.4 Å². The largest absolute Gasteiger partial charge is 0.263 e. The Morgan fingerprint density at radius 2 is 1.75 bits per heavy atom. The molecule has 0 aliphatic rings. The number of aromatic nitrogens is 1. The predicted molar refractivity (Wildman–Crippen MR) is 86.7 cm³/mol. The number of hydrogen-bond donors (Lipinski definition) is 0. The molecule has 0 aliphatic carbocycles. The van der Waals surface area contributed by atoms with E-state index in [0.717, 1.165) is 11.1 Å².